The quantitative estimate of drug-likeness (QED) is 0.750. The van der Waals surface area contributed by atoms with Crippen molar-refractivity contribution >= 4 is 5.82 Å². The second-order valence-corrected chi connectivity index (χ2v) is 3.92. The molecule has 3 heteroatoms. The SMILES string of the molecule is CCCCC(Cc1ccnc(N)c1)NC. The molecule has 0 aliphatic rings. The Morgan fingerprint density at radius 2 is 2.33 bits per heavy atom. The van der Waals surface area contributed by atoms with Gasteiger partial charge in [0.25, 0.3) is 0 Å². The largest absolute Gasteiger partial charge is 0.384 e. The van der Waals surface area contributed by atoms with Gasteiger partial charge in [-0.3, -0.25) is 0 Å². The Morgan fingerprint density at radius 3 is 2.93 bits per heavy atom. The summed E-state index contributed by atoms with van der Waals surface area (Å²) in [4.78, 5) is 3.99. The van der Waals surface area contributed by atoms with Gasteiger partial charge in [-0.25, -0.2) is 4.98 Å². The van der Waals surface area contributed by atoms with Gasteiger partial charge >= 0.3 is 0 Å². The summed E-state index contributed by atoms with van der Waals surface area (Å²) in [5.41, 5.74) is 6.91. The zero-order valence-electron chi connectivity index (χ0n) is 9.66. The van der Waals surface area contributed by atoms with Crippen LogP contribution in [0.25, 0.3) is 0 Å². The summed E-state index contributed by atoms with van der Waals surface area (Å²) >= 11 is 0. The maximum atomic E-state index is 5.64. The van der Waals surface area contributed by atoms with E-state index in [4.69, 9.17) is 5.73 Å². The predicted octanol–water partition coefficient (Wildman–Crippen LogP) is 1.98. The fourth-order valence-electron chi connectivity index (χ4n) is 1.70. The van der Waals surface area contributed by atoms with Gasteiger partial charge in [0.15, 0.2) is 0 Å². The third-order valence-corrected chi connectivity index (χ3v) is 2.64. The van der Waals surface area contributed by atoms with E-state index >= 15 is 0 Å². The van der Waals surface area contributed by atoms with Gasteiger partial charge in [-0.15, -0.1) is 0 Å². The van der Waals surface area contributed by atoms with Gasteiger partial charge < -0.3 is 11.1 Å². The molecule has 1 aromatic rings. The summed E-state index contributed by atoms with van der Waals surface area (Å²) < 4.78 is 0. The third-order valence-electron chi connectivity index (χ3n) is 2.64. The van der Waals surface area contributed by atoms with E-state index in [9.17, 15) is 0 Å². The number of likely N-dealkylation sites (N-methyl/N-ethyl adjacent to an activating group) is 1. The number of anilines is 1. The molecule has 1 aromatic heterocycles. The van der Waals surface area contributed by atoms with Crippen molar-refractivity contribution in [2.75, 3.05) is 12.8 Å². The molecule has 1 rings (SSSR count). The summed E-state index contributed by atoms with van der Waals surface area (Å²) in [6.45, 7) is 2.22. The smallest absolute Gasteiger partial charge is 0.123 e. The molecule has 0 radical (unpaired) electrons. The van der Waals surface area contributed by atoms with Crippen molar-refractivity contribution in [3.8, 4) is 0 Å². The molecule has 1 atom stereocenters. The number of hydrogen-bond donors (Lipinski definition) is 2. The van der Waals surface area contributed by atoms with Crippen LogP contribution in [-0.4, -0.2) is 18.1 Å². The molecular formula is C12H21N3. The molecule has 0 fully saturated rings. The minimum absolute atomic E-state index is 0.548. The van der Waals surface area contributed by atoms with Crippen molar-refractivity contribution in [2.24, 2.45) is 0 Å². The molecule has 84 valence electrons. The summed E-state index contributed by atoms with van der Waals surface area (Å²) in [6, 6.07) is 4.54. The van der Waals surface area contributed by atoms with Crippen molar-refractivity contribution in [2.45, 2.75) is 38.6 Å². The first kappa shape index (κ1) is 12.0. The standard InChI is InChI=1S/C12H21N3/c1-3-4-5-11(14-2)8-10-6-7-15-12(13)9-10/h6-7,9,11,14H,3-5,8H2,1-2H3,(H2,13,15). The normalized spacial score (nSPS) is 12.7. The minimum Gasteiger partial charge on any atom is -0.384 e. The lowest BCUT2D eigenvalue weighted by atomic mass is 10.0. The number of hydrogen-bond acceptors (Lipinski definition) is 3. The van der Waals surface area contributed by atoms with Crippen LogP contribution in [0.2, 0.25) is 0 Å². The van der Waals surface area contributed by atoms with Crippen LogP contribution in [-0.2, 0) is 6.42 Å². The topological polar surface area (TPSA) is 50.9 Å². The molecule has 0 saturated heterocycles. The van der Waals surface area contributed by atoms with E-state index in [0.29, 0.717) is 11.9 Å². The number of unbranched alkanes of at least 4 members (excludes halogenated alkanes) is 1. The highest BCUT2D eigenvalue weighted by molar-refractivity contribution is 5.32. The van der Waals surface area contributed by atoms with Crippen LogP contribution < -0.4 is 11.1 Å². The monoisotopic (exact) mass is 207 g/mol. The second kappa shape index (κ2) is 6.40. The maximum Gasteiger partial charge on any atom is 0.123 e. The summed E-state index contributed by atoms with van der Waals surface area (Å²) in [7, 11) is 2.02. The van der Waals surface area contributed by atoms with Crippen LogP contribution >= 0.6 is 0 Å². The lowest BCUT2D eigenvalue weighted by Crippen LogP contribution is -2.27. The molecule has 0 spiro atoms. The average molecular weight is 207 g/mol. The Morgan fingerprint density at radius 1 is 1.53 bits per heavy atom. The van der Waals surface area contributed by atoms with E-state index in [0.717, 1.165) is 6.42 Å². The van der Waals surface area contributed by atoms with Crippen molar-refractivity contribution in [1.29, 1.82) is 0 Å². The van der Waals surface area contributed by atoms with Crippen molar-refractivity contribution < 1.29 is 0 Å². The van der Waals surface area contributed by atoms with Crippen molar-refractivity contribution in [1.82, 2.24) is 10.3 Å². The van der Waals surface area contributed by atoms with Gasteiger partial charge in [0, 0.05) is 12.2 Å². The second-order valence-electron chi connectivity index (χ2n) is 3.92. The number of nitrogens with one attached hydrogen (secondary N) is 1. The number of nitrogens with zero attached hydrogens (tertiary/aromatic N) is 1. The number of pyridine rings is 1. The molecule has 15 heavy (non-hydrogen) atoms. The van der Waals surface area contributed by atoms with Crippen LogP contribution in [0, 0.1) is 0 Å². The van der Waals surface area contributed by atoms with Gasteiger partial charge in [0.2, 0.25) is 0 Å². The van der Waals surface area contributed by atoms with Crippen LogP contribution in [0.15, 0.2) is 18.3 Å². The molecule has 0 bridgehead atoms. The van der Waals surface area contributed by atoms with Gasteiger partial charge in [0.05, 0.1) is 0 Å². The van der Waals surface area contributed by atoms with Crippen LogP contribution in [0.4, 0.5) is 5.82 Å². The lowest BCUT2D eigenvalue weighted by molar-refractivity contribution is 0.498. The summed E-state index contributed by atoms with van der Waals surface area (Å²) in [6.07, 6.45) is 6.54. The van der Waals surface area contributed by atoms with Gasteiger partial charge in [0.1, 0.15) is 5.82 Å². The van der Waals surface area contributed by atoms with E-state index in [1.165, 1.54) is 24.8 Å². The highest BCUT2D eigenvalue weighted by Crippen LogP contribution is 2.10. The Labute approximate surface area is 92.1 Å². The zero-order chi connectivity index (χ0) is 11.1. The highest BCUT2D eigenvalue weighted by Gasteiger charge is 2.06. The third kappa shape index (κ3) is 4.30. The maximum absolute atomic E-state index is 5.64. The predicted molar refractivity (Wildman–Crippen MR) is 64.7 cm³/mol. The van der Waals surface area contributed by atoms with E-state index in [1.807, 2.05) is 19.2 Å². The number of rotatable bonds is 6. The number of aromatic nitrogens is 1. The molecule has 3 N–H and O–H groups in total. The molecule has 0 amide bonds. The Kier molecular flexibility index (Phi) is 5.12. The summed E-state index contributed by atoms with van der Waals surface area (Å²) in [5, 5.41) is 3.34. The fourth-order valence-corrected chi connectivity index (χ4v) is 1.70. The lowest BCUT2D eigenvalue weighted by Gasteiger charge is -2.15. The van der Waals surface area contributed by atoms with Gasteiger partial charge in [-0.2, -0.15) is 0 Å². The van der Waals surface area contributed by atoms with Gasteiger partial charge in [-0.05, 0) is 37.6 Å². The Hall–Kier alpha value is -1.09. The van der Waals surface area contributed by atoms with Crippen LogP contribution in [0.5, 0.6) is 0 Å². The first-order valence-electron chi connectivity index (χ1n) is 5.64. The molecule has 1 unspecified atom stereocenters. The molecule has 0 aliphatic carbocycles. The van der Waals surface area contributed by atoms with E-state index in [-0.39, 0.29) is 0 Å². The number of nitrogens with two attached hydrogens (primary N) is 1. The molecule has 0 aliphatic heterocycles. The Bertz CT molecular complexity index is 286. The van der Waals surface area contributed by atoms with E-state index < -0.39 is 0 Å². The first-order chi connectivity index (χ1) is 7.26. The Balaban J connectivity index is 2.50. The van der Waals surface area contributed by atoms with Crippen molar-refractivity contribution in [3.63, 3.8) is 0 Å². The minimum atomic E-state index is 0.548. The van der Waals surface area contributed by atoms with Crippen molar-refractivity contribution in [3.05, 3.63) is 23.9 Å². The zero-order valence-corrected chi connectivity index (χ0v) is 9.66. The van der Waals surface area contributed by atoms with Crippen LogP contribution in [0.1, 0.15) is 31.7 Å². The fraction of sp³-hybridized carbons (Fsp3) is 0.583. The highest BCUT2D eigenvalue weighted by atomic mass is 14.9. The van der Waals surface area contributed by atoms with E-state index in [2.05, 4.69) is 17.2 Å². The first-order valence-corrected chi connectivity index (χ1v) is 5.64. The summed E-state index contributed by atoms with van der Waals surface area (Å²) in [5.74, 6) is 0.609. The molecular weight excluding hydrogens is 186 g/mol. The number of nitrogen functional groups attached to an aromatic ring is 1. The van der Waals surface area contributed by atoms with E-state index in [1.54, 1.807) is 6.20 Å². The molecule has 1 heterocycles. The molecule has 0 saturated carbocycles. The van der Waals surface area contributed by atoms with Gasteiger partial charge in [-0.1, -0.05) is 19.8 Å². The molecule has 0 aromatic carbocycles. The molecule has 3 nitrogen and oxygen atoms in total. The average Bonchev–Trinajstić information content (AvgIpc) is 2.24. The van der Waals surface area contributed by atoms with Crippen LogP contribution in [0.3, 0.4) is 0 Å².